The Morgan fingerprint density at radius 2 is 1.89 bits per heavy atom. The largest absolute Gasteiger partial charge is 0.493 e. The maximum Gasteiger partial charge on any atom is 0.269 e. The van der Waals surface area contributed by atoms with Gasteiger partial charge in [0.15, 0.2) is 11.5 Å². The number of ether oxygens (including phenoxy) is 2. The van der Waals surface area contributed by atoms with E-state index in [9.17, 15) is 20.2 Å². The fraction of sp³-hybridized carbons (Fsp3) is 0.154. The number of nitrogens with one attached hydrogen (secondary N) is 1. The molecule has 3 rings (SSSR count). The normalized spacial score (nSPS) is 10.9. The number of benzene rings is 3. The number of methoxy groups -OCH3 is 1. The van der Waals surface area contributed by atoms with Crippen molar-refractivity contribution in [2.45, 2.75) is 20.5 Å². The highest BCUT2D eigenvalue weighted by Crippen LogP contribution is 2.35. The van der Waals surface area contributed by atoms with Crippen molar-refractivity contribution >= 4 is 45.9 Å². The molecule has 0 bridgehead atoms. The van der Waals surface area contributed by atoms with Gasteiger partial charge < -0.3 is 14.8 Å². The van der Waals surface area contributed by atoms with Gasteiger partial charge in [0.1, 0.15) is 18.2 Å². The van der Waals surface area contributed by atoms with Crippen LogP contribution in [-0.4, -0.2) is 17.9 Å². The van der Waals surface area contributed by atoms with Gasteiger partial charge in [-0.15, -0.1) is 0 Å². The van der Waals surface area contributed by atoms with Crippen molar-refractivity contribution in [1.82, 2.24) is 0 Å². The summed E-state index contributed by atoms with van der Waals surface area (Å²) in [6, 6.07) is 17.1. The fourth-order valence-electron chi connectivity index (χ4n) is 3.29. The number of anilines is 1. The Bertz CT molecular complexity index is 1340. The molecule has 0 heterocycles. The maximum absolute atomic E-state index is 12.7. The molecule has 0 saturated carbocycles. The molecule has 0 atom stereocenters. The summed E-state index contributed by atoms with van der Waals surface area (Å²) in [6.07, 6.45) is 1.49. The maximum atomic E-state index is 12.7. The average molecular weight is 583 g/mol. The number of carbonyl (C=O) groups is 1. The van der Waals surface area contributed by atoms with Gasteiger partial charge in [0, 0.05) is 17.8 Å². The predicted octanol–water partition coefficient (Wildman–Crippen LogP) is 5.95. The van der Waals surface area contributed by atoms with Crippen molar-refractivity contribution < 1.29 is 19.2 Å². The van der Waals surface area contributed by atoms with Crippen LogP contribution in [0.15, 0.2) is 60.2 Å². The summed E-state index contributed by atoms with van der Waals surface area (Å²) in [5.74, 6) is 0.408. The van der Waals surface area contributed by atoms with Crippen molar-refractivity contribution in [3.63, 3.8) is 0 Å². The summed E-state index contributed by atoms with van der Waals surface area (Å²) < 4.78 is 12.1. The number of carbonyl (C=O) groups excluding carboxylic acids is 1. The molecule has 0 aliphatic carbocycles. The van der Waals surface area contributed by atoms with Crippen LogP contribution < -0.4 is 14.8 Å². The first-order valence-corrected chi connectivity index (χ1v) is 11.5. The van der Waals surface area contributed by atoms with Crippen LogP contribution in [0.4, 0.5) is 11.4 Å². The smallest absolute Gasteiger partial charge is 0.269 e. The van der Waals surface area contributed by atoms with E-state index >= 15 is 0 Å². The Morgan fingerprint density at radius 3 is 2.49 bits per heavy atom. The second kappa shape index (κ2) is 11.5. The van der Waals surface area contributed by atoms with Gasteiger partial charge in [-0.05, 0) is 89.5 Å². The Labute approximate surface area is 216 Å². The van der Waals surface area contributed by atoms with E-state index in [1.807, 2.05) is 32.0 Å². The fourth-order valence-corrected chi connectivity index (χ4v) is 4.07. The summed E-state index contributed by atoms with van der Waals surface area (Å²) in [4.78, 5) is 23.1. The van der Waals surface area contributed by atoms with Crippen LogP contribution >= 0.6 is 22.6 Å². The standard InChI is InChI=1S/C26H22IN3O5/c1-16-4-9-23(17(2)10-16)29-26(31)20(14-28)11-19-12-22(27)25(24(13-19)34-3)35-15-18-5-7-21(8-6-18)30(32)33/h4-13H,15H2,1-3H3,(H,29,31)/b20-11-. The number of nitrogens with zero attached hydrogens (tertiary/aromatic N) is 2. The van der Waals surface area contributed by atoms with Crippen molar-refractivity contribution in [3.05, 3.63) is 96.1 Å². The van der Waals surface area contributed by atoms with E-state index < -0.39 is 10.8 Å². The summed E-state index contributed by atoms with van der Waals surface area (Å²) in [5.41, 5.74) is 3.93. The molecule has 35 heavy (non-hydrogen) atoms. The highest BCUT2D eigenvalue weighted by atomic mass is 127. The number of hydrogen-bond donors (Lipinski definition) is 1. The minimum absolute atomic E-state index is 0.00641. The zero-order chi connectivity index (χ0) is 25.5. The van der Waals surface area contributed by atoms with E-state index in [0.29, 0.717) is 26.3 Å². The Kier molecular flexibility index (Phi) is 8.43. The van der Waals surface area contributed by atoms with Gasteiger partial charge in [0.2, 0.25) is 0 Å². The number of hydrogen-bond acceptors (Lipinski definition) is 6. The number of amides is 1. The van der Waals surface area contributed by atoms with Crippen molar-refractivity contribution in [2.75, 3.05) is 12.4 Å². The second-order valence-electron chi connectivity index (χ2n) is 7.69. The molecule has 0 aliphatic heterocycles. The molecule has 0 aliphatic rings. The first kappa shape index (κ1) is 25.7. The van der Waals surface area contributed by atoms with Gasteiger partial charge in [0.05, 0.1) is 15.6 Å². The minimum Gasteiger partial charge on any atom is -0.493 e. The lowest BCUT2D eigenvalue weighted by molar-refractivity contribution is -0.384. The van der Waals surface area contributed by atoms with Crippen molar-refractivity contribution in [2.24, 2.45) is 0 Å². The monoisotopic (exact) mass is 583 g/mol. The van der Waals surface area contributed by atoms with E-state index in [1.54, 1.807) is 30.3 Å². The molecule has 0 unspecified atom stereocenters. The molecular weight excluding hydrogens is 561 g/mol. The number of non-ortho nitro benzene ring substituents is 1. The van der Waals surface area contributed by atoms with Crippen LogP contribution in [0, 0.1) is 38.9 Å². The highest BCUT2D eigenvalue weighted by Gasteiger charge is 2.15. The number of nitriles is 1. The van der Waals surface area contributed by atoms with Gasteiger partial charge in [-0.1, -0.05) is 17.7 Å². The zero-order valence-electron chi connectivity index (χ0n) is 19.3. The van der Waals surface area contributed by atoms with E-state index in [1.165, 1.54) is 25.3 Å². The SMILES string of the molecule is COc1cc(/C=C(/C#N)C(=O)Nc2ccc(C)cc2C)cc(I)c1OCc1ccc([N+](=O)[O-])cc1. The molecule has 9 heteroatoms. The summed E-state index contributed by atoms with van der Waals surface area (Å²) in [6.45, 7) is 4.04. The number of nitro benzene ring substituents is 1. The lowest BCUT2D eigenvalue weighted by Gasteiger charge is -2.14. The average Bonchev–Trinajstić information content (AvgIpc) is 2.83. The van der Waals surface area contributed by atoms with Crippen LogP contribution in [0.3, 0.4) is 0 Å². The summed E-state index contributed by atoms with van der Waals surface area (Å²) >= 11 is 2.09. The minimum atomic E-state index is -0.507. The quantitative estimate of drug-likeness (QED) is 0.115. The molecule has 0 fully saturated rings. The zero-order valence-corrected chi connectivity index (χ0v) is 21.5. The first-order chi connectivity index (χ1) is 16.7. The van der Waals surface area contributed by atoms with Crippen LogP contribution in [0.1, 0.15) is 22.3 Å². The second-order valence-corrected chi connectivity index (χ2v) is 8.85. The molecule has 3 aromatic carbocycles. The van der Waals surface area contributed by atoms with E-state index in [-0.39, 0.29) is 17.9 Å². The molecule has 1 amide bonds. The molecule has 178 valence electrons. The highest BCUT2D eigenvalue weighted by molar-refractivity contribution is 14.1. The number of aryl methyl sites for hydroxylation is 2. The lowest BCUT2D eigenvalue weighted by Crippen LogP contribution is -2.14. The van der Waals surface area contributed by atoms with E-state index in [4.69, 9.17) is 9.47 Å². The Morgan fingerprint density at radius 1 is 1.17 bits per heavy atom. The third-order valence-electron chi connectivity index (χ3n) is 5.09. The van der Waals surface area contributed by atoms with Crippen molar-refractivity contribution in [3.8, 4) is 17.6 Å². The summed E-state index contributed by atoms with van der Waals surface area (Å²) in [5, 5.41) is 23.2. The molecule has 0 radical (unpaired) electrons. The number of halogens is 1. The van der Waals surface area contributed by atoms with Crippen molar-refractivity contribution in [1.29, 1.82) is 5.26 Å². The van der Waals surface area contributed by atoms with Gasteiger partial charge in [-0.3, -0.25) is 14.9 Å². The van der Waals surface area contributed by atoms with Gasteiger partial charge in [-0.25, -0.2) is 0 Å². The molecule has 0 saturated heterocycles. The van der Waals surface area contributed by atoms with Crippen LogP contribution in [0.25, 0.3) is 6.08 Å². The predicted molar refractivity (Wildman–Crippen MR) is 141 cm³/mol. The van der Waals surface area contributed by atoms with Gasteiger partial charge in [-0.2, -0.15) is 5.26 Å². The summed E-state index contributed by atoms with van der Waals surface area (Å²) in [7, 11) is 1.50. The molecule has 3 aromatic rings. The first-order valence-electron chi connectivity index (χ1n) is 10.5. The topological polar surface area (TPSA) is 114 Å². The van der Waals surface area contributed by atoms with Crippen LogP contribution in [0.2, 0.25) is 0 Å². The third kappa shape index (κ3) is 6.58. The van der Waals surface area contributed by atoms with Gasteiger partial charge >= 0.3 is 0 Å². The molecular formula is C26H22IN3O5. The number of nitro groups is 1. The Hall–Kier alpha value is -3.91. The molecule has 8 nitrogen and oxygen atoms in total. The Balaban J connectivity index is 1.80. The van der Waals surface area contributed by atoms with Crippen LogP contribution in [-0.2, 0) is 11.4 Å². The lowest BCUT2D eigenvalue weighted by atomic mass is 10.1. The van der Waals surface area contributed by atoms with E-state index in [2.05, 4.69) is 27.9 Å². The molecule has 0 aromatic heterocycles. The molecule has 0 spiro atoms. The third-order valence-corrected chi connectivity index (χ3v) is 5.89. The van der Waals surface area contributed by atoms with Crippen LogP contribution in [0.5, 0.6) is 11.5 Å². The molecule has 1 N–H and O–H groups in total. The number of rotatable bonds is 8. The van der Waals surface area contributed by atoms with E-state index in [0.717, 1.165) is 16.7 Å². The van der Waals surface area contributed by atoms with Gasteiger partial charge in [0.25, 0.3) is 11.6 Å².